The number of hydrogen-bond acceptors (Lipinski definition) is 7. The maximum atomic E-state index is 5.73. The molecule has 3 rings (SSSR count). The summed E-state index contributed by atoms with van der Waals surface area (Å²) in [6.07, 6.45) is 4.89. The predicted octanol–water partition coefficient (Wildman–Crippen LogP) is 1.39. The van der Waals surface area contributed by atoms with Gasteiger partial charge in [-0.3, -0.25) is 0 Å². The summed E-state index contributed by atoms with van der Waals surface area (Å²) in [5.41, 5.74) is 0. The molecule has 2 aromatic heterocycles. The molecule has 7 nitrogen and oxygen atoms in total. The van der Waals surface area contributed by atoms with Gasteiger partial charge < -0.3 is 19.7 Å². The van der Waals surface area contributed by atoms with Crippen molar-refractivity contribution in [2.24, 2.45) is 0 Å². The molecule has 1 saturated heterocycles. The lowest BCUT2D eigenvalue weighted by molar-refractivity contribution is 0.211. The van der Waals surface area contributed by atoms with Gasteiger partial charge in [0.15, 0.2) is 5.82 Å². The lowest BCUT2D eigenvalue weighted by atomic mass is 10.3. The van der Waals surface area contributed by atoms with Crippen LogP contribution in [0.2, 0.25) is 5.15 Å². The monoisotopic (exact) mass is 335 g/mol. The first-order valence-electron chi connectivity index (χ1n) is 7.47. The molecule has 0 aromatic carbocycles. The van der Waals surface area contributed by atoms with Crippen LogP contribution in [0, 0.1) is 0 Å². The quantitative estimate of drug-likeness (QED) is 0.631. The molecule has 8 heteroatoms. The Morgan fingerprint density at radius 2 is 1.83 bits per heavy atom. The van der Waals surface area contributed by atoms with Crippen LogP contribution in [0.3, 0.4) is 0 Å². The van der Waals surface area contributed by atoms with E-state index in [1.165, 1.54) is 0 Å². The van der Waals surface area contributed by atoms with Crippen LogP contribution in [0.1, 0.15) is 0 Å². The zero-order valence-electron chi connectivity index (χ0n) is 12.6. The highest BCUT2D eigenvalue weighted by atomic mass is 35.5. The van der Waals surface area contributed by atoms with Gasteiger partial charge in [-0.15, -0.1) is 0 Å². The molecule has 1 fully saturated rings. The van der Waals surface area contributed by atoms with E-state index in [9.17, 15) is 0 Å². The van der Waals surface area contributed by atoms with Crippen LogP contribution in [-0.4, -0.2) is 54.3 Å². The number of anilines is 1. The Morgan fingerprint density at radius 3 is 2.61 bits per heavy atom. The molecular weight excluding hydrogens is 318 g/mol. The van der Waals surface area contributed by atoms with Gasteiger partial charge in [-0.1, -0.05) is 11.6 Å². The molecule has 0 amide bonds. The van der Waals surface area contributed by atoms with E-state index in [1.54, 1.807) is 30.7 Å². The molecule has 1 aliphatic rings. The van der Waals surface area contributed by atoms with Gasteiger partial charge >= 0.3 is 0 Å². The fourth-order valence-electron chi connectivity index (χ4n) is 2.26. The molecule has 0 radical (unpaired) electrons. The topological polar surface area (TPSA) is 72.4 Å². The standard InChI is InChI=1S/C15H18ClN5O2/c16-13-2-1-12(11-20-13)22-9-10-23-15-14(18-3-4-19-15)21-7-5-17-6-8-21/h1-4,11,17H,5-10H2. The number of aromatic nitrogens is 3. The lowest BCUT2D eigenvalue weighted by Gasteiger charge is -2.28. The SMILES string of the molecule is Clc1ccc(OCCOc2nccnc2N2CCNCC2)cn1. The summed E-state index contributed by atoms with van der Waals surface area (Å²) < 4.78 is 11.3. The Hall–Kier alpha value is -2.12. The van der Waals surface area contributed by atoms with Crippen molar-refractivity contribution in [3.63, 3.8) is 0 Å². The Labute approximate surface area is 139 Å². The highest BCUT2D eigenvalue weighted by molar-refractivity contribution is 6.29. The van der Waals surface area contributed by atoms with Crippen molar-refractivity contribution in [1.29, 1.82) is 0 Å². The van der Waals surface area contributed by atoms with E-state index in [0.717, 1.165) is 32.0 Å². The maximum absolute atomic E-state index is 5.73. The first kappa shape index (κ1) is 15.8. The molecule has 0 saturated carbocycles. The fraction of sp³-hybridized carbons (Fsp3) is 0.400. The second-order valence-corrected chi connectivity index (χ2v) is 5.32. The number of nitrogens with one attached hydrogen (secondary N) is 1. The summed E-state index contributed by atoms with van der Waals surface area (Å²) in [5, 5.41) is 3.75. The van der Waals surface area contributed by atoms with Gasteiger partial charge in [-0.2, -0.15) is 0 Å². The number of ether oxygens (including phenoxy) is 2. The van der Waals surface area contributed by atoms with Gasteiger partial charge in [0.05, 0.1) is 6.20 Å². The molecule has 23 heavy (non-hydrogen) atoms. The van der Waals surface area contributed by atoms with Gasteiger partial charge in [0.2, 0.25) is 0 Å². The Balaban J connectivity index is 1.52. The first-order chi connectivity index (χ1) is 11.3. The maximum Gasteiger partial charge on any atom is 0.257 e. The summed E-state index contributed by atoms with van der Waals surface area (Å²) in [4.78, 5) is 14.8. The Bertz CT molecular complexity index is 620. The summed E-state index contributed by atoms with van der Waals surface area (Å²) in [6.45, 7) is 4.41. The van der Waals surface area contributed by atoms with Crippen molar-refractivity contribution >= 4 is 17.4 Å². The molecule has 0 atom stereocenters. The number of pyridine rings is 1. The second kappa shape index (κ2) is 7.94. The summed E-state index contributed by atoms with van der Waals surface area (Å²) in [5.74, 6) is 1.97. The zero-order chi connectivity index (χ0) is 15.9. The molecule has 1 N–H and O–H groups in total. The third kappa shape index (κ3) is 4.43. The van der Waals surface area contributed by atoms with E-state index < -0.39 is 0 Å². The summed E-state index contributed by atoms with van der Waals surface area (Å²) >= 11 is 5.73. The van der Waals surface area contributed by atoms with Crippen LogP contribution in [0.15, 0.2) is 30.7 Å². The van der Waals surface area contributed by atoms with E-state index >= 15 is 0 Å². The summed E-state index contributed by atoms with van der Waals surface area (Å²) in [6, 6.07) is 3.45. The van der Waals surface area contributed by atoms with Crippen LogP contribution >= 0.6 is 11.6 Å². The zero-order valence-corrected chi connectivity index (χ0v) is 13.4. The number of hydrogen-bond donors (Lipinski definition) is 1. The molecule has 122 valence electrons. The van der Waals surface area contributed by atoms with E-state index in [-0.39, 0.29) is 0 Å². The van der Waals surface area contributed by atoms with E-state index in [0.29, 0.717) is 30.0 Å². The molecule has 0 unspecified atom stereocenters. The van der Waals surface area contributed by atoms with Crippen LogP contribution in [0.4, 0.5) is 5.82 Å². The van der Waals surface area contributed by atoms with Gasteiger partial charge in [0, 0.05) is 38.6 Å². The first-order valence-corrected chi connectivity index (χ1v) is 7.84. The van der Waals surface area contributed by atoms with Gasteiger partial charge in [0.1, 0.15) is 24.1 Å². The molecule has 0 spiro atoms. The predicted molar refractivity (Wildman–Crippen MR) is 87.4 cm³/mol. The number of nitrogens with zero attached hydrogens (tertiary/aromatic N) is 4. The Kier molecular flexibility index (Phi) is 5.44. The van der Waals surface area contributed by atoms with E-state index in [2.05, 4.69) is 25.2 Å². The minimum absolute atomic E-state index is 0.375. The molecule has 0 bridgehead atoms. The largest absolute Gasteiger partial charge is 0.488 e. The summed E-state index contributed by atoms with van der Waals surface area (Å²) in [7, 11) is 0. The van der Waals surface area contributed by atoms with Crippen LogP contribution in [0.5, 0.6) is 11.6 Å². The highest BCUT2D eigenvalue weighted by Crippen LogP contribution is 2.22. The van der Waals surface area contributed by atoms with E-state index in [4.69, 9.17) is 21.1 Å². The van der Waals surface area contributed by atoms with Crippen LogP contribution in [0.25, 0.3) is 0 Å². The van der Waals surface area contributed by atoms with E-state index in [1.807, 2.05) is 0 Å². The smallest absolute Gasteiger partial charge is 0.257 e. The Morgan fingerprint density at radius 1 is 1.04 bits per heavy atom. The molecule has 3 heterocycles. The third-order valence-corrected chi connectivity index (χ3v) is 3.58. The average Bonchev–Trinajstić information content (AvgIpc) is 2.61. The van der Waals surface area contributed by atoms with Crippen LogP contribution in [-0.2, 0) is 0 Å². The van der Waals surface area contributed by atoms with Crippen molar-refractivity contribution in [3.8, 4) is 11.6 Å². The third-order valence-electron chi connectivity index (χ3n) is 3.35. The van der Waals surface area contributed by atoms with Gasteiger partial charge in [-0.05, 0) is 12.1 Å². The van der Waals surface area contributed by atoms with Crippen molar-refractivity contribution < 1.29 is 9.47 Å². The molecule has 1 aliphatic heterocycles. The average molecular weight is 336 g/mol. The normalized spacial score (nSPS) is 14.6. The second-order valence-electron chi connectivity index (χ2n) is 4.94. The molecular formula is C15H18ClN5O2. The van der Waals surface area contributed by atoms with Gasteiger partial charge in [0.25, 0.3) is 5.88 Å². The van der Waals surface area contributed by atoms with Crippen molar-refractivity contribution in [2.75, 3.05) is 44.3 Å². The van der Waals surface area contributed by atoms with Crippen molar-refractivity contribution in [3.05, 3.63) is 35.9 Å². The molecule has 0 aliphatic carbocycles. The van der Waals surface area contributed by atoms with Crippen LogP contribution < -0.4 is 19.7 Å². The lowest BCUT2D eigenvalue weighted by Crippen LogP contribution is -2.44. The van der Waals surface area contributed by atoms with Gasteiger partial charge in [-0.25, -0.2) is 15.0 Å². The minimum atomic E-state index is 0.375. The van der Waals surface area contributed by atoms with Crippen molar-refractivity contribution in [2.45, 2.75) is 0 Å². The number of piperazine rings is 1. The van der Waals surface area contributed by atoms with Crippen molar-refractivity contribution in [1.82, 2.24) is 20.3 Å². The minimum Gasteiger partial charge on any atom is -0.488 e. The number of rotatable bonds is 6. The number of halogens is 1. The molecule has 2 aromatic rings. The highest BCUT2D eigenvalue weighted by Gasteiger charge is 2.17. The fourth-order valence-corrected chi connectivity index (χ4v) is 2.37.